The number of methoxy groups -OCH3 is 1. The van der Waals surface area contributed by atoms with Gasteiger partial charge in [0, 0.05) is 13.1 Å². The van der Waals surface area contributed by atoms with Crippen molar-refractivity contribution in [1.29, 1.82) is 0 Å². The number of amides is 2. The molecule has 4 rings (SSSR count). The molecular weight excluding hydrogens is 424 g/mol. The van der Waals surface area contributed by atoms with Crippen molar-refractivity contribution in [2.45, 2.75) is 34.2 Å². The molecular formula is C29H30N2O3. The second kappa shape index (κ2) is 9.56. The van der Waals surface area contributed by atoms with Gasteiger partial charge in [-0.3, -0.25) is 9.59 Å². The highest BCUT2D eigenvalue weighted by molar-refractivity contribution is 6.45. The van der Waals surface area contributed by atoms with Crippen molar-refractivity contribution >= 4 is 23.1 Å². The minimum absolute atomic E-state index is 0.333. The van der Waals surface area contributed by atoms with Crippen molar-refractivity contribution in [3.63, 3.8) is 0 Å². The van der Waals surface area contributed by atoms with Crippen LogP contribution in [0.3, 0.4) is 0 Å². The molecule has 1 heterocycles. The quantitative estimate of drug-likeness (QED) is 0.447. The standard InChI is InChI=1S/C29H30N2O3/c1-6-30(18-22-10-8-7-9-11-22)27-26(23-14-13-20(3)21(4)17-23)28(32)31(29(27)33)24-16-19(2)12-15-25(24)34-5/h7-17H,6,18H2,1-5H3. The Morgan fingerprint density at radius 3 is 2.24 bits per heavy atom. The summed E-state index contributed by atoms with van der Waals surface area (Å²) in [7, 11) is 1.55. The van der Waals surface area contributed by atoms with E-state index >= 15 is 0 Å². The van der Waals surface area contributed by atoms with Crippen LogP contribution in [-0.4, -0.2) is 30.4 Å². The highest BCUT2D eigenvalue weighted by Gasteiger charge is 2.43. The van der Waals surface area contributed by atoms with E-state index in [4.69, 9.17) is 4.74 Å². The van der Waals surface area contributed by atoms with Gasteiger partial charge in [-0.05, 0) is 67.6 Å². The number of benzene rings is 3. The minimum Gasteiger partial charge on any atom is -0.495 e. The van der Waals surface area contributed by atoms with Gasteiger partial charge in [-0.2, -0.15) is 0 Å². The van der Waals surface area contributed by atoms with Gasteiger partial charge >= 0.3 is 0 Å². The summed E-state index contributed by atoms with van der Waals surface area (Å²) in [4.78, 5) is 31.2. The van der Waals surface area contributed by atoms with Crippen LogP contribution in [0.1, 0.15) is 34.7 Å². The predicted octanol–water partition coefficient (Wildman–Crippen LogP) is 5.43. The minimum atomic E-state index is -0.335. The molecule has 5 heteroatoms. The van der Waals surface area contributed by atoms with E-state index in [1.165, 1.54) is 4.90 Å². The molecule has 0 aliphatic carbocycles. The van der Waals surface area contributed by atoms with Crippen molar-refractivity contribution in [2.75, 3.05) is 18.6 Å². The molecule has 34 heavy (non-hydrogen) atoms. The lowest BCUT2D eigenvalue weighted by molar-refractivity contribution is -0.120. The summed E-state index contributed by atoms with van der Waals surface area (Å²) in [6, 6.07) is 21.4. The van der Waals surface area contributed by atoms with Crippen LogP contribution in [0.5, 0.6) is 5.75 Å². The van der Waals surface area contributed by atoms with E-state index in [2.05, 4.69) is 0 Å². The molecule has 1 aliphatic rings. The molecule has 0 unspecified atom stereocenters. The maximum Gasteiger partial charge on any atom is 0.282 e. The van der Waals surface area contributed by atoms with E-state index in [-0.39, 0.29) is 11.8 Å². The number of rotatable bonds is 7. The van der Waals surface area contributed by atoms with Gasteiger partial charge in [-0.15, -0.1) is 0 Å². The summed E-state index contributed by atoms with van der Waals surface area (Å²) in [5.41, 5.74) is 6.27. The van der Waals surface area contributed by atoms with E-state index in [0.29, 0.717) is 35.8 Å². The summed E-state index contributed by atoms with van der Waals surface area (Å²) < 4.78 is 5.52. The van der Waals surface area contributed by atoms with E-state index in [0.717, 1.165) is 27.8 Å². The fraction of sp³-hybridized carbons (Fsp3) is 0.241. The Morgan fingerprint density at radius 1 is 0.853 bits per heavy atom. The Hall–Kier alpha value is -3.86. The number of hydrogen-bond acceptors (Lipinski definition) is 4. The molecule has 0 N–H and O–H groups in total. The van der Waals surface area contributed by atoms with Gasteiger partial charge in [0.15, 0.2) is 0 Å². The number of ether oxygens (including phenoxy) is 1. The van der Waals surface area contributed by atoms with E-state index in [1.54, 1.807) is 13.2 Å². The second-order valence-corrected chi connectivity index (χ2v) is 8.64. The first-order valence-corrected chi connectivity index (χ1v) is 11.5. The second-order valence-electron chi connectivity index (χ2n) is 8.64. The van der Waals surface area contributed by atoms with Gasteiger partial charge in [0.05, 0.1) is 18.4 Å². The molecule has 0 saturated carbocycles. The average molecular weight is 455 g/mol. The Kier molecular flexibility index (Phi) is 6.55. The molecule has 0 bridgehead atoms. The predicted molar refractivity (Wildman–Crippen MR) is 136 cm³/mol. The lowest BCUT2D eigenvalue weighted by Gasteiger charge is -2.25. The maximum atomic E-state index is 14.0. The number of likely N-dealkylation sites (N-methyl/N-ethyl adjacent to an activating group) is 1. The number of carbonyl (C=O) groups is 2. The van der Waals surface area contributed by atoms with Gasteiger partial charge in [-0.25, -0.2) is 4.90 Å². The molecule has 2 amide bonds. The van der Waals surface area contributed by atoms with Crippen LogP contribution in [0.2, 0.25) is 0 Å². The zero-order valence-electron chi connectivity index (χ0n) is 20.4. The van der Waals surface area contributed by atoms with Gasteiger partial charge in [-0.1, -0.05) is 54.6 Å². The molecule has 1 aliphatic heterocycles. The molecule has 0 saturated heterocycles. The Labute approximate surface area is 201 Å². The normalized spacial score (nSPS) is 13.6. The third kappa shape index (κ3) is 4.21. The number of hydrogen-bond donors (Lipinski definition) is 0. The van der Waals surface area contributed by atoms with E-state index in [1.807, 2.05) is 93.3 Å². The highest BCUT2D eigenvalue weighted by atomic mass is 16.5. The third-order valence-corrected chi connectivity index (χ3v) is 6.34. The first-order chi connectivity index (χ1) is 16.3. The van der Waals surface area contributed by atoms with E-state index in [9.17, 15) is 9.59 Å². The summed E-state index contributed by atoms with van der Waals surface area (Å²) >= 11 is 0. The van der Waals surface area contributed by atoms with Crippen molar-refractivity contribution in [3.8, 4) is 5.75 Å². The number of carbonyl (C=O) groups excluding carboxylic acids is 2. The zero-order chi connectivity index (χ0) is 24.4. The van der Waals surface area contributed by atoms with Crippen LogP contribution in [-0.2, 0) is 16.1 Å². The van der Waals surface area contributed by atoms with Gasteiger partial charge < -0.3 is 9.64 Å². The smallest absolute Gasteiger partial charge is 0.282 e. The average Bonchev–Trinajstić information content (AvgIpc) is 3.09. The SMILES string of the molecule is CCN(Cc1ccccc1)C1=C(c2ccc(C)c(C)c2)C(=O)N(c2cc(C)ccc2OC)C1=O. The van der Waals surface area contributed by atoms with Gasteiger partial charge in [0.2, 0.25) is 0 Å². The largest absolute Gasteiger partial charge is 0.495 e. The topological polar surface area (TPSA) is 49.9 Å². The fourth-order valence-corrected chi connectivity index (χ4v) is 4.31. The van der Waals surface area contributed by atoms with Crippen molar-refractivity contribution < 1.29 is 14.3 Å². The van der Waals surface area contributed by atoms with Crippen LogP contribution >= 0.6 is 0 Å². The summed E-state index contributed by atoms with van der Waals surface area (Å²) in [5.74, 6) is -0.183. The van der Waals surface area contributed by atoms with Crippen LogP contribution < -0.4 is 9.64 Å². The maximum absolute atomic E-state index is 14.0. The fourth-order valence-electron chi connectivity index (χ4n) is 4.31. The van der Waals surface area contributed by atoms with E-state index < -0.39 is 0 Å². The Balaban J connectivity index is 1.89. The first-order valence-electron chi connectivity index (χ1n) is 11.5. The molecule has 0 spiro atoms. The van der Waals surface area contributed by atoms with Gasteiger partial charge in [0.1, 0.15) is 11.4 Å². The van der Waals surface area contributed by atoms with Crippen LogP contribution in [0.4, 0.5) is 5.69 Å². The number of imide groups is 1. The molecule has 174 valence electrons. The van der Waals surface area contributed by atoms with Crippen LogP contribution in [0.25, 0.3) is 5.57 Å². The molecule has 3 aromatic rings. The number of nitrogens with zero attached hydrogens (tertiary/aromatic N) is 2. The van der Waals surface area contributed by atoms with Crippen LogP contribution in [0.15, 0.2) is 72.4 Å². The Morgan fingerprint density at radius 2 is 1.59 bits per heavy atom. The summed E-state index contributed by atoms with van der Waals surface area (Å²) in [5, 5.41) is 0. The molecule has 0 radical (unpaired) electrons. The number of aryl methyl sites for hydroxylation is 3. The molecule has 3 aromatic carbocycles. The molecule has 0 aromatic heterocycles. The third-order valence-electron chi connectivity index (χ3n) is 6.34. The monoisotopic (exact) mass is 454 g/mol. The molecule has 0 atom stereocenters. The summed E-state index contributed by atoms with van der Waals surface area (Å²) in [6.45, 7) is 9.09. The molecule has 0 fully saturated rings. The Bertz CT molecular complexity index is 1280. The van der Waals surface area contributed by atoms with Crippen molar-refractivity contribution in [2.24, 2.45) is 0 Å². The first kappa shape index (κ1) is 23.3. The lowest BCUT2D eigenvalue weighted by atomic mass is 9.99. The molecule has 5 nitrogen and oxygen atoms in total. The summed E-state index contributed by atoms with van der Waals surface area (Å²) in [6.07, 6.45) is 0. The van der Waals surface area contributed by atoms with Gasteiger partial charge in [0.25, 0.3) is 11.8 Å². The van der Waals surface area contributed by atoms with Crippen LogP contribution in [0, 0.1) is 20.8 Å². The lowest BCUT2D eigenvalue weighted by Crippen LogP contribution is -2.35. The zero-order valence-corrected chi connectivity index (χ0v) is 20.4. The highest BCUT2D eigenvalue weighted by Crippen LogP contribution is 2.39. The number of anilines is 1. The van der Waals surface area contributed by atoms with Crippen molar-refractivity contribution in [1.82, 2.24) is 4.90 Å². The van der Waals surface area contributed by atoms with Crippen molar-refractivity contribution in [3.05, 3.63) is 100 Å².